The molecule has 0 fully saturated rings. The van der Waals surface area contributed by atoms with Crippen molar-refractivity contribution in [2.45, 2.75) is 26.8 Å². The minimum absolute atomic E-state index is 0.201. The molecule has 0 aliphatic rings. The first-order valence-electron chi connectivity index (χ1n) is 9.23. The number of benzene rings is 2. The number of aromatic nitrogens is 2. The van der Waals surface area contributed by atoms with Crippen molar-refractivity contribution >= 4 is 16.9 Å². The van der Waals surface area contributed by atoms with E-state index in [9.17, 15) is 4.79 Å². The quantitative estimate of drug-likeness (QED) is 0.684. The van der Waals surface area contributed by atoms with Gasteiger partial charge in [0.1, 0.15) is 0 Å². The van der Waals surface area contributed by atoms with Gasteiger partial charge in [-0.05, 0) is 56.7 Å². The van der Waals surface area contributed by atoms with Crippen molar-refractivity contribution in [1.82, 2.24) is 15.3 Å². The highest BCUT2D eigenvalue weighted by molar-refractivity contribution is 5.97. The monoisotopic (exact) mass is 395 g/mol. The fraction of sp³-hybridized carbons (Fsp3) is 0.318. The van der Waals surface area contributed by atoms with Gasteiger partial charge in [0, 0.05) is 5.56 Å². The molecule has 1 unspecified atom stereocenters. The Bertz CT molecular complexity index is 1040. The molecule has 152 valence electrons. The molecule has 0 bridgehead atoms. The normalized spacial score (nSPS) is 11.8. The van der Waals surface area contributed by atoms with Crippen LogP contribution in [0, 0.1) is 13.8 Å². The standard InChI is InChI=1S/C22H25N3O4/c1-12-13(2)24-18-9-15(7-8-17(18)23-12)22(26)25-14(3)16-10-19(27-4)21(29-6)20(11-16)28-5/h7-11,14H,1-6H3,(H,25,26). The molecule has 3 rings (SSSR count). The summed E-state index contributed by atoms with van der Waals surface area (Å²) in [6, 6.07) is 8.69. The van der Waals surface area contributed by atoms with E-state index < -0.39 is 0 Å². The zero-order valence-electron chi connectivity index (χ0n) is 17.5. The van der Waals surface area contributed by atoms with E-state index in [-0.39, 0.29) is 11.9 Å². The summed E-state index contributed by atoms with van der Waals surface area (Å²) in [5, 5.41) is 3.00. The SMILES string of the molecule is COc1cc(C(C)NC(=O)c2ccc3nc(C)c(C)nc3c2)cc(OC)c1OC. The molecule has 29 heavy (non-hydrogen) atoms. The maximum atomic E-state index is 12.8. The van der Waals surface area contributed by atoms with Crippen LogP contribution in [-0.2, 0) is 0 Å². The second kappa shape index (κ2) is 8.34. The molecular formula is C22H25N3O4. The summed E-state index contributed by atoms with van der Waals surface area (Å²) >= 11 is 0. The van der Waals surface area contributed by atoms with Gasteiger partial charge in [0.15, 0.2) is 11.5 Å². The average Bonchev–Trinajstić information content (AvgIpc) is 2.72. The summed E-state index contributed by atoms with van der Waals surface area (Å²) in [6.45, 7) is 5.72. The molecule has 1 heterocycles. The Morgan fingerprint density at radius 1 is 0.897 bits per heavy atom. The number of nitrogens with zero attached hydrogens (tertiary/aromatic N) is 2. The van der Waals surface area contributed by atoms with Crippen molar-refractivity contribution in [1.29, 1.82) is 0 Å². The summed E-state index contributed by atoms with van der Waals surface area (Å²) in [5.41, 5.74) is 4.55. The predicted octanol–water partition coefficient (Wildman–Crippen LogP) is 3.76. The number of fused-ring (bicyclic) bond motifs is 1. The van der Waals surface area contributed by atoms with Crippen molar-refractivity contribution in [3.8, 4) is 17.2 Å². The molecule has 0 radical (unpaired) electrons. The van der Waals surface area contributed by atoms with E-state index in [1.807, 2.05) is 39.0 Å². The Labute approximate surface area is 170 Å². The molecule has 7 heteroatoms. The lowest BCUT2D eigenvalue weighted by Gasteiger charge is -2.19. The lowest BCUT2D eigenvalue weighted by molar-refractivity contribution is 0.0940. The molecule has 3 aromatic rings. The van der Waals surface area contributed by atoms with Crippen LogP contribution in [0.1, 0.15) is 40.3 Å². The predicted molar refractivity (Wildman–Crippen MR) is 111 cm³/mol. The third-order valence-corrected chi connectivity index (χ3v) is 4.87. The maximum Gasteiger partial charge on any atom is 0.251 e. The van der Waals surface area contributed by atoms with Crippen LogP contribution in [0.4, 0.5) is 0 Å². The highest BCUT2D eigenvalue weighted by Crippen LogP contribution is 2.39. The first kappa shape index (κ1) is 20.4. The zero-order chi connectivity index (χ0) is 21.1. The van der Waals surface area contributed by atoms with Gasteiger partial charge < -0.3 is 19.5 Å². The van der Waals surface area contributed by atoms with E-state index in [0.29, 0.717) is 28.3 Å². The lowest BCUT2D eigenvalue weighted by atomic mass is 10.1. The van der Waals surface area contributed by atoms with Crippen LogP contribution in [0.15, 0.2) is 30.3 Å². The third kappa shape index (κ3) is 4.08. The lowest BCUT2D eigenvalue weighted by Crippen LogP contribution is -2.26. The van der Waals surface area contributed by atoms with Gasteiger partial charge in [-0.25, -0.2) is 9.97 Å². The molecular weight excluding hydrogens is 370 g/mol. The Balaban J connectivity index is 1.87. The summed E-state index contributed by atoms with van der Waals surface area (Å²) in [7, 11) is 4.67. The van der Waals surface area contributed by atoms with Gasteiger partial charge in [-0.1, -0.05) is 0 Å². The van der Waals surface area contributed by atoms with Gasteiger partial charge >= 0.3 is 0 Å². The number of carbonyl (C=O) groups is 1. The van der Waals surface area contributed by atoms with Crippen LogP contribution in [0.25, 0.3) is 11.0 Å². The van der Waals surface area contributed by atoms with Gasteiger partial charge in [-0.3, -0.25) is 4.79 Å². The molecule has 7 nitrogen and oxygen atoms in total. The Morgan fingerprint density at radius 2 is 1.48 bits per heavy atom. The van der Waals surface area contributed by atoms with E-state index in [1.165, 1.54) is 0 Å². The average molecular weight is 395 g/mol. The molecule has 0 spiro atoms. The van der Waals surface area contributed by atoms with E-state index in [1.54, 1.807) is 33.5 Å². The number of rotatable bonds is 6. The topological polar surface area (TPSA) is 82.6 Å². The molecule has 1 N–H and O–H groups in total. The summed E-state index contributed by atoms with van der Waals surface area (Å²) in [6.07, 6.45) is 0. The molecule has 0 saturated heterocycles. The number of carbonyl (C=O) groups excluding carboxylic acids is 1. The third-order valence-electron chi connectivity index (χ3n) is 4.87. The van der Waals surface area contributed by atoms with Crippen molar-refractivity contribution in [3.63, 3.8) is 0 Å². The molecule has 1 aromatic heterocycles. The van der Waals surface area contributed by atoms with Crippen LogP contribution in [0.2, 0.25) is 0 Å². The first-order chi connectivity index (χ1) is 13.9. The first-order valence-corrected chi connectivity index (χ1v) is 9.23. The smallest absolute Gasteiger partial charge is 0.251 e. The van der Waals surface area contributed by atoms with Gasteiger partial charge in [0.05, 0.1) is 49.8 Å². The van der Waals surface area contributed by atoms with Crippen LogP contribution in [-0.4, -0.2) is 37.2 Å². The number of hydrogen-bond donors (Lipinski definition) is 1. The minimum atomic E-state index is -0.280. The number of nitrogens with one attached hydrogen (secondary N) is 1. The van der Waals surface area contributed by atoms with Crippen LogP contribution >= 0.6 is 0 Å². The number of methoxy groups -OCH3 is 3. The number of amides is 1. The Morgan fingerprint density at radius 3 is 2.03 bits per heavy atom. The molecule has 0 aliphatic carbocycles. The van der Waals surface area contributed by atoms with Gasteiger partial charge in [-0.15, -0.1) is 0 Å². The van der Waals surface area contributed by atoms with Crippen LogP contribution < -0.4 is 19.5 Å². The molecule has 1 amide bonds. The van der Waals surface area contributed by atoms with Crippen LogP contribution in [0.5, 0.6) is 17.2 Å². The fourth-order valence-electron chi connectivity index (χ4n) is 3.09. The second-order valence-corrected chi connectivity index (χ2v) is 6.75. The molecule has 0 aliphatic heterocycles. The number of ether oxygens (including phenoxy) is 3. The number of aryl methyl sites for hydroxylation is 2. The minimum Gasteiger partial charge on any atom is -0.493 e. The van der Waals surface area contributed by atoms with E-state index >= 15 is 0 Å². The number of hydrogen-bond acceptors (Lipinski definition) is 6. The summed E-state index contributed by atoms with van der Waals surface area (Å²) in [5.74, 6) is 1.38. The Kier molecular flexibility index (Phi) is 5.87. The van der Waals surface area contributed by atoms with Gasteiger partial charge in [0.25, 0.3) is 5.91 Å². The highest BCUT2D eigenvalue weighted by atomic mass is 16.5. The molecule has 2 aromatic carbocycles. The summed E-state index contributed by atoms with van der Waals surface area (Å²) < 4.78 is 16.1. The highest BCUT2D eigenvalue weighted by Gasteiger charge is 2.18. The zero-order valence-corrected chi connectivity index (χ0v) is 17.5. The summed E-state index contributed by atoms with van der Waals surface area (Å²) in [4.78, 5) is 21.8. The van der Waals surface area contributed by atoms with Crippen LogP contribution in [0.3, 0.4) is 0 Å². The molecule has 1 atom stereocenters. The van der Waals surface area contributed by atoms with E-state index in [2.05, 4.69) is 15.3 Å². The maximum absolute atomic E-state index is 12.8. The van der Waals surface area contributed by atoms with E-state index in [4.69, 9.17) is 14.2 Å². The largest absolute Gasteiger partial charge is 0.493 e. The van der Waals surface area contributed by atoms with Crippen molar-refractivity contribution < 1.29 is 19.0 Å². The van der Waals surface area contributed by atoms with Gasteiger partial charge in [0.2, 0.25) is 5.75 Å². The fourth-order valence-corrected chi connectivity index (χ4v) is 3.09. The van der Waals surface area contributed by atoms with Gasteiger partial charge in [-0.2, -0.15) is 0 Å². The van der Waals surface area contributed by atoms with E-state index in [0.717, 1.165) is 22.5 Å². The molecule has 0 saturated carbocycles. The Hall–Kier alpha value is -3.35. The van der Waals surface area contributed by atoms with Crippen molar-refractivity contribution in [2.75, 3.05) is 21.3 Å². The van der Waals surface area contributed by atoms with Crippen molar-refractivity contribution in [3.05, 3.63) is 52.8 Å². The van der Waals surface area contributed by atoms with Crippen molar-refractivity contribution in [2.24, 2.45) is 0 Å². The second-order valence-electron chi connectivity index (χ2n) is 6.75.